The van der Waals surface area contributed by atoms with Gasteiger partial charge in [-0.15, -0.1) is 0 Å². The summed E-state index contributed by atoms with van der Waals surface area (Å²) >= 11 is 0. The molecule has 2 heterocycles. The van der Waals surface area contributed by atoms with Gasteiger partial charge in [-0.05, 0) is 25.0 Å². The summed E-state index contributed by atoms with van der Waals surface area (Å²) in [5.41, 5.74) is 0.820. The van der Waals surface area contributed by atoms with Crippen LogP contribution in [0.5, 0.6) is 0 Å². The number of anilines is 1. The number of piperazine rings is 1. The van der Waals surface area contributed by atoms with Crippen molar-refractivity contribution in [3.8, 4) is 0 Å². The van der Waals surface area contributed by atoms with Gasteiger partial charge in [0.15, 0.2) is 9.84 Å². The van der Waals surface area contributed by atoms with Gasteiger partial charge in [0.25, 0.3) is 0 Å². The zero-order chi connectivity index (χ0) is 17.4. The van der Waals surface area contributed by atoms with Crippen molar-refractivity contribution >= 4 is 21.4 Å². The minimum atomic E-state index is -3.11. The zero-order valence-corrected chi connectivity index (χ0v) is 15.3. The van der Waals surface area contributed by atoms with Crippen molar-refractivity contribution in [1.82, 2.24) is 4.90 Å². The Morgan fingerprint density at radius 2 is 1.52 bits per heavy atom. The molecule has 1 aromatic carbocycles. The van der Waals surface area contributed by atoms with E-state index in [2.05, 4.69) is 4.90 Å². The molecule has 1 aliphatic carbocycles. The SMILES string of the molecule is O=C1CN(C2CCCCCC2)[C@H]2CS(=O)(=O)C[C@H]2N1c1ccccc1. The molecule has 6 heteroatoms. The third kappa shape index (κ3) is 3.34. The van der Waals surface area contributed by atoms with Gasteiger partial charge in [-0.1, -0.05) is 43.9 Å². The molecule has 2 atom stereocenters. The average Bonchev–Trinajstić information content (AvgIpc) is 2.77. The molecular weight excluding hydrogens is 336 g/mol. The van der Waals surface area contributed by atoms with Crippen molar-refractivity contribution in [2.45, 2.75) is 56.7 Å². The molecule has 1 saturated carbocycles. The lowest BCUT2D eigenvalue weighted by Gasteiger charge is -2.46. The van der Waals surface area contributed by atoms with Crippen LogP contribution in [0, 0.1) is 0 Å². The Labute approximate surface area is 149 Å². The first-order valence-corrected chi connectivity index (χ1v) is 11.2. The fraction of sp³-hybridized carbons (Fsp3) is 0.632. The van der Waals surface area contributed by atoms with Crippen molar-refractivity contribution in [2.75, 3.05) is 23.0 Å². The first-order chi connectivity index (χ1) is 12.1. The van der Waals surface area contributed by atoms with Crippen LogP contribution in [0.2, 0.25) is 0 Å². The van der Waals surface area contributed by atoms with Gasteiger partial charge in [-0.25, -0.2) is 8.42 Å². The van der Waals surface area contributed by atoms with Gasteiger partial charge < -0.3 is 4.90 Å². The van der Waals surface area contributed by atoms with Crippen LogP contribution in [-0.4, -0.2) is 55.4 Å². The number of hydrogen-bond acceptors (Lipinski definition) is 4. The number of amides is 1. The monoisotopic (exact) mass is 362 g/mol. The molecule has 3 fully saturated rings. The van der Waals surface area contributed by atoms with E-state index >= 15 is 0 Å². The number of para-hydroxylation sites is 1. The molecule has 136 valence electrons. The van der Waals surface area contributed by atoms with Crippen molar-refractivity contribution in [3.05, 3.63) is 30.3 Å². The lowest BCUT2D eigenvalue weighted by atomic mass is 9.97. The molecule has 3 aliphatic rings. The van der Waals surface area contributed by atoms with Crippen LogP contribution in [0.25, 0.3) is 0 Å². The van der Waals surface area contributed by atoms with Gasteiger partial charge in [-0.3, -0.25) is 9.69 Å². The number of sulfone groups is 1. The van der Waals surface area contributed by atoms with E-state index in [1.165, 1.54) is 25.7 Å². The molecule has 1 aromatic rings. The highest BCUT2D eigenvalue weighted by atomic mass is 32.2. The highest BCUT2D eigenvalue weighted by Crippen LogP contribution is 2.35. The van der Waals surface area contributed by atoms with E-state index in [9.17, 15) is 13.2 Å². The number of rotatable bonds is 2. The molecule has 0 bridgehead atoms. The fourth-order valence-corrected chi connectivity index (χ4v) is 6.78. The highest BCUT2D eigenvalue weighted by molar-refractivity contribution is 7.91. The lowest BCUT2D eigenvalue weighted by molar-refractivity contribution is -0.124. The Bertz CT molecular complexity index is 726. The van der Waals surface area contributed by atoms with E-state index in [1.807, 2.05) is 30.3 Å². The van der Waals surface area contributed by atoms with Crippen LogP contribution in [0.3, 0.4) is 0 Å². The smallest absolute Gasteiger partial charge is 0.241 e. The van der Waals surface area contributed by atoms with Crippen molar-refractivity contribution < 1.29 is 13.2 Å². The summed E-state index contributed by atoms with van der Waals surface area (Å²) in [5.74, 6) is 0.306. The van der Waals surface area contributed by atoms with Gasteiger partial charge in [0.05, 0.1) is 24.1 Å². The summed E-state index contributed by atoms with van der Waals surface area (Å²) in [5, 5.41) is 0. The van der Waals surface area contributed by atoms with E-state index < -0.39 is 9.84 Å². The number of nitrogens with zero attached hydrogens (tertiary/aromatic N) is 2. The number of benzene rings is 1. The molecule has 0 N–H and O–H groups in total. The van der Waals surface area contributed by atoms with Crippen molar-refractivity contribution in [3.63, 3.8) is 0 Å². The second kappa shape index (κ2) is 6.72. The Kier molecular flexibility index (Phi) is 4.58. The van der Waals surface area contributed by atoms with Gasteiger partial charge in [0, 0.05) is 17.8 Å². The number of carbonyl (C=O) groups is 1. The molecule has 25 heavy (non-hydrogen) atoms. The lowest BCUT2D eigenvalue weighted by Crippen LogP contribution is -2.64. The minimum absolute atomic E-state index is 0.0359. The third-order valence-corrected chi connectivity index (χ3v) is 7.66. The van der Waals surface area contributed by atoms with Crippen LogP contribution in [0.4, 0.5) is 5.69 Å². The second-order valence-corrected chi connectivity index (χ2v) is 9.78. The molecule has 5 nitrogen and oxygen atoms in total. The quantitative estimate of drug-likeness (QED) is 0.757. The van der Waals surface area contributed by atoms with Gasteiger partial charge in [0.2, 0.25) is 5.91 Å². The van der Waals surface area contributed by atoms with Crippen LogP contribution >= 0.6 is 0 Å². The Hall–Kier alpha value is -1.40. The summed E-state index contributed by atoms with van der Waals surface area (Å²) in [6, 6.07) is 9.56. The third-order valence-electron chi connectivity index (χ3n) is 5.97. The molecule has 4 rings (SSSR count). The molecule has 1 amide bonds. The topological polar surface area (TPSA) is 57.7 Å². The number of carbonyl (C=O) groups excluding carboxylic acids is 1. The van der Waals surface area contributed by atoms with Gasteiger partial charge in [0.1, 0.15) is 0 Å². The summed E-state index contributed by atoms with van der Waals surface area (Å²) in [7, 11) is -3.11. The predicted molar refractivity (Wildman–Crippen MR) is 98.4 cm³/mol. The molecule has 0 radical (unpaired) electrons. The van der Waals surface area contributed by atoms with Crippen LogP contribution in [-0.2, 0) is 14.6 Å². The van der Waals surface area contributed by atoms with Crippen molar-refractivity contribution in [1.29, 1.82) is 0 Å². The molecule has 0 spiro atoms. The normalized spacial score (nSPS) is 30.9. The molecule has 2 saturated heterocycles. The maximum Gasteiger partial charge on any atom is 0.241 e. The summed E-state index contributed by atoms with van der Waals surface area (Å²) in [6.45, 7) is 0.343. The van der Waals surface area contributed by atoms with E-state index in [1.54, 1.807) is 4.90 Å². The average molecular weight is 362 g/mol. The molecule has 0 aromatic heterocycles. The minimum Gasteiger partial charge on any atom is -0.306 e. The highest BCUT2D eigenvalue weighted by Gasteiger charge is 2.51. The number of hydrogen-bond donors (Lipinski definition) is 0. The summed E-state index contributed by atoms with van der Waals surface area (Å²) in [4.78, 5) is 17.0. The summed E-state index contributed by atoms with van der Waals surface area (Å²) < 4.78 is 24.8. The van der Waals surface area contributed by atoms with Crippen LogP contribution < -0.4 is 4.90 Å². The van der Waals surface area contributed by atoms with Gasteiger partial charge >= 0.3 is 0 Å². The Balaban J connectivity index is 1.67. The van der Waals surface area contributed by atoms with E-state index in [4.69, 9.17) is 0 Å². The number of fused-ring (bicyclic) bond motifs is 1. The largest absolute Gasteiger partial charge is 0.306 e. The maximum atomic E-state index is 13.0. The molecule has 0 unspecified atom stereocenters. The molecular formula is C19H26N2O3S. The van der Waals surface area contributed by atoms with E-state index in [0.717, 1.165) is 18.5 Å². The van der Waals surface area contributed by atoms with E-state index in [0.29, 0.717) is 12.6 Å². The first kappa shape index (κ1) is 17.0. The zero-order valence-electron chi connectivity index (χ0n) is 14.5. The second-order valence-electron chi connectivity index (χ2n) is 7.63. The van der Waals surface area contributed by atoms with Crippen LogP contribution in [0.15, 0.2) is 30.3 Å². The van der Waals surface area contributed by atoms with Crippen LogP contribution in [0.1, 0.15) is 38.5 Å². The summed E-state index contributed by atoms with van der Waals surface area (Å²) in [6.07, 6.45) is 7.04. The predicted octanol–water partition coefficient (Wildman–Crippen LogP) is 2.22. The van der Waals surface area contributed by atoms with Crippen molar-refractivity contribution in [2.24, 2.45) is 0 Å². The molecule has 2 aliphatic heterocycles. The fourth-order valence-electron chi connectivity index (χ4n) is 4.82. The van der Waals surface area contributed by atoms with E-state index in [-0.39, 0.29) is 29.5 Å². The standard InChI is InChI=1S/C19H26N2O3S/c22-19-12-20(15-8-4-1-2-5-9-15)17-13-25(23,24)14-18(17)21(19)16-10-6-3-7-11-16/h3,6-7,10-11,15,17-18H,1-2,4-5,8-9,12-14H2/t17-,18+/m0/s1. The van der Waals surface area contributed by atoms with Gasteiger partial charge in [-0.2, -0.15) is 0 Å². The first-order valence-electron chi connectivity index (χ1n) is 9.38. The Morgan fingerprint density at radius 1 is 0.880 bits per heavy atom. The maximum absolute atomic E-state index is 13.0. The Morgan fingerprint density at radius 3 is 2.20 bits per heavy atom.